The number of aryl methyl sites for hydroxylation is 1. The lowest BCUT2D eigenvalue weighted by Crippen LogP contribution is -2.53. The fraction of sp³-hybridized carbons (Fsp3) is 0.481. The molecule has 0 bridgehead atoms. The Bertz CT molecular complexity index is 1010. The second-order valence-corrected chi connectivity index (χ2v) is 10.6. The number of esters is 1. The highest BCUT2D eigenvalue weighted by atomic mass is 79.9. The quantitative estimate of drug-likeness (QED) is 0.518. The average molecular weight is 481 g/mol. The van der Waals surface area contributed by atoms with E-state index in [0.717, 1.165) is 30.2 Å². The van der Waals surface area contributed by atoms with Gasteiger partial charge in [0.05, 0.1) is 13.0 Å². The fourth-order valence-corrected chi connectivity index (χ4v) is 7.79. The fourth-order valence-electron chi connectivity index (χ4n) is 7.53. The van der Waals surface area contributed by atoms with E-state index in [-0.39, 0.29) is 34.9 Å². The van der Waals surface area contributed by atoms with Gasteiger partial charge in [-0.05, 0) is 79.7 Å². The number of hydrogen-bond acceptors (Lipinski definition) is 3. The molecule has 0 unspecified atom stereocenters. The zero-order valence-electron chi connectivity index (χ0n) is 18.1. The summed E-state index contributed by atoms with van der Waals surface area (Å²) in [5.41, 5.74) is 3.61. The molecule has 2 fully saturated rings. The predicted octanol–water partition coefficient (Wildman–Crippen LogP) is 5.84. The monoisotopic (exact) mass is 480 g/mol. The maximum atomic E-state index is 13.2. The van der Waals surface area contributed by atoms with Crippen molar-refractivity contribution in [3.8, 4) is 0 Å². The lowest BCUT2D eigenvalue weighted by molar-refractivity contribution is -0.152. The highest BCUT2D eigenvalue weighted by Gasteiger charge is 2.63. The first-order valence-corrected chi connectivity index (χ1v) is 12.2. The van der Waals surface area contributed by atoms with Crippen LogP contribution in [0.4, 0.5) is 0 Å². The molecule has 31 heavy (non-hydrogen) atoms. The summed E-state index contributed by atoms with van der Waals surface area (Å²) in [6.45, 7) is 1.74. The first-order chi connectivity index (χ1) is 15.0. The van der Waals surface area contributed by atoms with E-state index in [9.17, 15) is 9.59 Å². The van der Waals surface area contributed by atoms with Gasteiger partial charge in [0.15, 0.2) is 0 Å². The normalized spacial score (nSPS) is 33.7. The molecule has 3 nitrogen and oxygen atoms in total. The number of benzene rings is 2. The highest BCUT2D eigenvalue weighted by molar-refractivity contribution is 9.10. The summed E-state index contributed by atoms with van der Waals surface area (Å²) >= 11 is 3.56. The minimum atomic E-state index is -0.293. The van der Waals surface area contributed by atoms with Crippen LogP contribution in [0.25, 0.3) is 0 Å². The van der Waals surface area contributed by atoms with E-state index in [2.05, 4.69) is 64.5 Å². The maximum Gasteiger partial charge on any atom is 0.309 e. The molecule has 2 aromatic rings. The van der Waals surface area contributed by atoms with E-state index in [0.29, 0.717) is 18.3 Å². The molecule has 3 aliphatic carbocycles. The Hall–Kier alpha value is -1.94. The molecule has 162 valence electrons. The molecule has 2 saturated carbocycles. The molecule has 0 heterocycles. The van der Waals surface area contributed by atoms with Crippen LogP contribution in [0.15, 0.2) is 53.0 Å². The Morgan fingerprint density at radius 2 is 1.77 bits per heavy atom. The Morgan fingerprint density at radius 3 is 2.48 bits per heavy atom. The van der Waals surface area contributed by atoms with Crippen LogP contribution in [0.5, 0.6) is 0 Å². The van der Waals surface area contributed by atoms with Crippen LogP contribution in [0.2, 0.25) is 0 Å². The molecule has 0 saturated heterocycles. The molecule has 4 heteroatoms. The summed E-state index contributed by atoms with van der Waals surface area (Å²) < 4.78 is 6.40. The lowest BCUT2D eigenvalue weighted by atomic mass is 9.48. The van der Waals surface area contributed by atoms with E-state index in [4.69, 9.17) is 4.74 Å². The zero-order valence-corrected chi connectivity index (χ0v) is 19.7. The minimum absolute atomic E-state index is 0.0380. The van der Waals surface area contributed by atoms with Gasteiger partial charge in [-0.25, -0.2) is 0 Å². The van der Waals surface area contributed by atoms with Crippen LogP contribution < -0.4 is 0 Å². The summed E-state index contributed by atoms with van der Waals surface area (Å²) in [7, 11) is 1.50. The van der Waals surface area contributed by atoms with E-state index < -0.39 is 0 Å². The van der Waals surface area contributed by atoms with Gasteiger partial charge in [-0.3, -0.25) is 9.59 Å². The van der Waals surface area contributed by atoms with Crippen molar-refractivity contribution in [3.63, 3.8) is 0 Å². The Kier molecular flexibility index (Phi) is 5.32. The molecule has 6 atom stereocenters. The first kappa shape index (κ1) is 20.9. The summed E-state index contributed by atoms with van der Waals surface area (Å²) in [5.74, 6) is 0.832. The second-order valence-electron chi connectivity index (χ2n) is 9.66. The van der Waals surface area contributed by atoms with E-state index in [1.807, 2.05) is 0 Å². The SMILES string of the molecule is COC(=O)[C@@H]1C[C@]2(c3ccc(Br)cc3)[C@@H](C(C)=O)CC[C@H]2[C@@H]2CCc3ccccc3[C@H]21. The van der Waals surface area contributed by atoms with Crippen molar-refractivity contribution >= 4 is 27.7 Å². The van der Waals surface area contributed by atoms with E-state index in [1.54, 1.807) is 6.92 Å². The Morgan fingerprint density at radius 1 is 1.03 bits per heavy atom. The molecule has 0 amide bonds. The van der Waals surface area contributed by atoms with Gasteiger partial charge in [0.2, 0.25) is 0 Å². The number of carbonyl (C=O) groups excluding carboxylic acids is 2. The number of halogens is 1. The van der Waals surface area contributed by atoms with Gasteiger partial charge in [0, 0.05) is 21.7 Å². The van der Waals surface area contributed by atoms with Crippen LogP contribution in [-0.2, 0) is 26.2 Å². The number of Topliss-reactive ketones (excluding diaryl/α,β-unsaturated/α-hetero) is 1. The smallest absolute Gasteiger partial charge is 0.309 e. The van der Waals surface area contributed by atoms with Gasteiger partial charge < -0.3 is 4.74 Å². The number of ether oxygens (including phenoxy) is 1. The third-order valence-electron chi connectivity index (χ3n) is 8.56. The number of fused-ring (bicyclic) bond motifs is 5. The van der Waals surface area contributed by atoms with Crippen molar-refractivity contribution in [3.05, 3.63) is 69.7 Å². The van der Waals surface area contributed by atoms with Crippen molar-refractivity contribution in [2.45, 2.75) is 50.4 Å². The van der Waals surface area contributed by atoms with Crippen molar-refractivity contribution < 1.29 is 14.3 Å². The number of rotatable bonds is 3. The van der Waals surface area contributed by atoms with E-state index in [1.165, 1.54) is 23.8 Å². The van der Waals surface area contributed by atoms with E-state index >= 15 is 0 Å². The molecule has 0 N–H and O–H groups in total. The van der Waals surface area contributed by atoms with Crippen LogP contribution in [0, 0.1) is 23.7 Å². The third kappa shape index (κ3) is 3.13. The first-order valence-electron chi connectivity index (χ1n) is 11.4. The molecule has 3 aliphatic rings. The molecule has 0 aliphatic heterocycles. The van der Waals surface area contributed by atoms with Crippen molar-refractivity contribution in [1.82, 2.24) is 0 Å². The summed E-state index contributed by atoms with van der Waals surface area (Å²) in [6.07, 6.45) is 4.77. The van der Waals surface area contributed by atoms with Gasteiger partial charge in [-0.15, -0.1) is 0 Å². The van der Waals surface area contributed by atoms with Gasteiger partial charge in [-0.1, -0.05) is 52.3 Å². The van der Waals surface area contributed by atoms with Crippen LogP contribution in [0.1, 0.15) is 55.2 Å². The van der Waals surface area contributed by atoms with Gasteiger partial charge in [0.1, 0.15) is 5.78 Å². The molecule has 2 aromatic carbocycles. The molecule has 0 aromatic heterocycles. The summed E-state index contributed by atoms with van der Waals surface area (Å²) in [5, 5.41) is 0. The van der Waals surface area contributed by atoms with Gasteiger partial charge in [-0.2, -0.15) is 0 Å². The molecule has 0 radical (unpaired) electrons. The van der Waals surface area contributed by atoms with Gasteiger partial charge >= 0.3 is 5.97 Å². The number of ketones is 1. The Labute approximate surface area is 192 Å². The largest absolute Gasteiger partial charge is 0.469 e. The standard InChI is InChI=1S/C27H29BrO3/c1-16(29)23-13-14-24-21-12-7-17-5-3-4-6-20(17)25(21)22(26(30)31-2)15-27(23,24)18-8-10-19(28)11-9-18/h3-6,8-11,21-25H,7,12-15H2,1-2H3/t21-,22+,23+,24-,25+,27-/m0/s1. The number of carbonyl (C=O) groups is 2. The number of methoxy groups -OCH3 is 1. The molecular formula is C27H29BrO3. The van der Waals surface area contributed by atoms with Crippen molar-refractivity contribution in [2.75, 3.05) is 7.11 Å². The van der Waals surface area contributed by atoms with Crippen molar-refractivity contribution in [1.29, 1.82) is 0 Å². The van der Waals surface area contributed by atoms with Crippen molar-refractivity contribution in [2.24, 2.45) is 23.7 Å². The molecular weight excluding hydrogens is 452 g/mol. The zero-order chi connectivity index (χ0) is 21.8. The average Bonchev–Trinajstić information content (AvgIpc) is 3.19. The summed E-state index contributed by atoms with van der Waals surface area (Å²) in [4.78, 5) is 26.1. The third-order valence-corrected chi connectivity index (χ3v) is 9.09. The van der Waals surface area contributed by atoms with Crippen LogP contribution >= 0.6 is 15.9 Å². The van der Waals surface area contributed by atoms with Crippen LogP contribution in [-0.4, -0.2) is 18.9 Å². The number of hydrogen-bond donors (Lipinski definition) is 0. The molecule has 5 rings (SSSR count). The lowest BCUT2D eigenvalue weighted by Gasteiger charge is -2.55. The summed E-state index contributed by atoms with van der Waals surface area (Å²) in [6, 6.07) is 17.1. The topological polar surface area (TPSA) is 43.4 Å². The second kappa shape index (κ2) is 7.88. The predicted molar refractivity (Wildman–Crippen MR) is 124 cm³/mol. The minimum Gasteiger partial charge on any atom is -0.469 e. The maximum absolute atomic E-state index is 13.2. The van der Waals surface area contributed by atoms with Crippen LogP contribution in [0.3, 0.4) is 0 Å². The highest BCUT2D eigenvalue weighted by Crippen LogP contribution is 2.65. The van der Waals surface area contributed by atoms with Gasteiger partial charge in [0.25, 0.3) is 0 Å². The molecule has 0 spiro atoms. The Balaban J connectivity index is 1.70.